The van der Waals surface area contributed by atoms with Crippen molar-refractivity contribution in [3.8, 4) is 5.75 Å². The quantitative estimate of drug-likeness (QED) is 0.681. The Bertz CT molecular complexity index is 681. The first kappa shape index (κ1) is 18.8. The summed E-state index contributed by atoms with van der Waals surface area (Å²) in [5.74, 6) is 0.667. The Hall–Kier alpha value is -2.53. The van der Waals surface area contributed by atoms with Crippen LogP contribution in [0.4, 0.5) is 11.4 Å². The number of anilines is 2. The van der Waals surface area contributed by atoms with E-state index in [4.69, 9.17) is 9.47 Å². The van der Waals surface area contributed by atoms with Crippen LogP contribution in [0, 0.1) is 13.8 Å². The highest BCUT2D eigenvalue weighted by Crippen LogP contribution is 2.20. The molecule has 0 fully saturated rings. The van der Waals surface area contributed by atoms with Crippen molar-refractivity contribution in [1.29, 1.82) is 0 Å². The van der Waals surface area contributed by atoms with Crippen LogP contribution in [0.5, 0.6) is 5.75 Å². The first-order valence-electron chi connectivity index (χ1n) is 8.50. The fraction of sp³-hybridized carbons (Fsp3) is 0.350. The molecule has 5 heteroatoms. The van der Waals surface area contributed by atoms with Gasteiger partial charge in [0.2, 0.25) is 5.91 Å². The molecule has 2 rings (SSSR count). The maximum atomic E-state index is 12.2. The monoisotopic (exact) mass is 342 g/mol. The van der Waals surface area contributed by atoms with Gasteiger partial charge in [0.25, 0.3) is 0 Å². The number of aryl methyl sites for hydroxylation is 2. The summed E-state index contributed by atoms with van der Waals surface area (Å²) in [7, 11) is 0. The van der Waals surface area contributed by atoms with E-state index in [1.54, 1.807) is 0 Å². The van der Waals surface area contributed by atoms with Crippen LogP contribution in [0.25, 0.3) is 0 Å². The number of rotatable bonds is 9. The summed E-state index contributed by atoms with van der Waals surface area (Å²) in [6.07, 6.45) is 0. The Balaban J connectivity index is 1.85. The lowest BCUT2D eigenvalue weighted by molar-refractivity contribution is -0.114. The Morgan fingerprint density at radius 3 is 2.48 bits per heavy atom. The third-order valence-electron chi connectivity index (χ3n) is 3.73. The van der Waals surface area contributed by atoms with Crippen molar-refractivity contribution in [2.75, 3.05) is 37.0 Å². The van der Waals surface area contributed by atoms with E-state index in [9.17, 15) is 4.79 Å². The molecular formula is C20H26N2O3. The molecule has 0 atom stereocenters. The average Bonchev–Trinajstić information content (AvgIpc) is 2.61. The summed E-state index contributed by atoms with van der Waals surface area (Å²) >= 11 is 0. The van der Waals surface area contributed by atoms with E-state index in [0.717, 1.165) is 28.3 Å². The van der Waals surface area contributed by atoms with Crippen LogP contribution in [0.2, 0.25) is 0 Å². The molecule has 25 heavy (non-hydrogen) atoms. The van der Waals surface area contributed by atoms with Crippen LogP contribution in [-0.2, 0) is 9.53 Å². The fourth-order valence-electron chi connectivity index (χ4n) is 2.44. The van der Waals surface area contributed by atoms with Gasteiger partial charge in [-0.1, -0.05) is 24.3 Å². The standard InChI is InChI=1S/C20H26N2O3/c1-4-24-11-12-25-18-10-6-9-17(13-18)21-14-19(23)22-20-15(2)7-5-8-16(20)3/h5-10,13,21H,4,11-12,14H2,1-3H3,(H,22,23). The molecule has 2 N–H and O–H groups in total. The molecule has 0 saturated carbocycles. The summed E-state index contributed by atoms with van der Waals surface area (Å²) in [4.78, 5) is 12.2. The number of ether oxygens (including phenoxy) is 2. The lowest BCUT2D eigenvalue weighted by Crippen LogP contribution is -2.22. The lowest BCUT2D eigenvalue weighted by atomic mass is 10.1. The first-order valence-corrected chi connectivity index (χ1v) is 8.50. The van der Waals surface area contributed by atoms with Gasteiger partial charge >= 0.3 is 0 Å². The van der Waals surface area contributed by atoms with Crippen LogP contribution in [0.1, 0.15) is 18.1 Å². The molecule has 0 aliphatic carbocycles. The second-order valence-electron chi connectivity index (χ2n) is 5.74. The second kappa shape index (κ2) is 9.69. The lowest BCUT2D eigenvalue weighted by Gasteiger charge is -2.13. The summed E-state index contributed by atoms with van der Waals surface area (Å²) < 4.78 is 10.9. The molecule has 0 radical (unpaired) electrons. The maximum Gasteiger partial charge on any atom is 0.243 e. The zero-order valence-corrected chi connectivity index (χ0v) is 15.1. The van der Waals surface area contributed by atoms with Gasteiger partial charge in [0.1, 0.15) is 12.4 Å². The molecule has 2 aromatic carbocycles. The van der Waals surface area contributed by atoms with Crippen molar-refractivity contribution < 1.29 is 14.3 Å². The van der Waals surface area contributed by atoms with E-state index in [-0.39, 0.29) is 12.5 Å². The molecule has 134 valence electrons. The van der Waals surface area contributed by atoms with Gasteiger partial charge in [-0.25, -0.2) is 0 Å². The Morgan fingerprint density at radius 2 is 1.76 bits per heavy atom. The molecule has 0 bridgehead atoms. The molecule has 0 spiro atoms. The number of para-hydroxylation sites is 1. The molecule has 0 unspecified atom stereocenters. The van der Waals surface area contributed by atoms with E-state index in [1.807, 2.05) is 63.2 Å². The van der Waals surface area contributed by atoms with E-state index in [0.29, 0.717) is 19.8 Å². The SMILES string of the molecule is CCOCCOc1cccc(NCC(=O)Nc2c(C)cccc2C)c1. The second-order valence-corrected chi connectivity index (χ2v) is 5.74. The van der Waals surface area contributed by atoms with Crippen molar-refractivity contribution in [2.45, 2.75) is 20.8 Å². The third-order valence-corrected chi connectivity index (χ3v) is 3.73. The van der Waals surface area contributed by atoms with Crippen molar-refractivity contribution in [3.05, 3.63) is 53.6 Å². The molecule has 5 nitrogen and oxygen atoms in total. The molecule has 2 aromatic rings. The largest absolute Gasteiger partial charge is 0.491 e. The van der Waals surface area contributed by atoms with Gasteiger partial charge < -0.3 is 20.1 Å². The Kier molecular flexibility index (Phi) is 7.29. The average molecular weight is 342 g/mol. The number of nitrogens with one attached hydrogen (secondary N) is 2. The molecule has 0 aromatic heterocycles. The smallest absolute Gasteiger partial charge is 0.243 e. The first-order chi connectivity index (χ1) is 12.1. The molecule has 0 aliphatic rings. The van der Waals surface area contributed by atoms with E-state index in [1.165, 1.54) is 0 Å². The van der Waals surface area contributed by atoms with Gasteiger partial charge in [-0.05, 0) is 44.0 Å². The molecule has 0 saturated heterocycles. The fourth-order valence-corrected chi connectivity index (χ4v) is 2.44. The zero-order valence-electron chi connectivity index (χ0n) is 15.1. The zero-order chi connectivity index (χ0) is 18.1. The van der Waals surface area contributed by atoms with Crippen LogP contribution < -0.4 is 15.4 Å². The van der Waals surface area contributed by atoms with Gasteiger partial charge in [0, 0.05) is 24.0 Å². The maximum absolute atomic E-state index is 12.2. The van der Waals surface area contributed by atoms with Crippen LogP contribution in [-0.4, -0.2) is 32.3 Å². The molecule has 0 heterocycles. The minimum absolute atomic E-state index is 0.0833. The van der Waals surface area contributed by atoms with E-state index < -0.39 is 0 Å². The number of carbonyl (C=O) groups is 1. The molecular weight excluding hydrogens is 316 g/mol. The van der Waals surface area contributed by atoms with Gasteiger partial charge in [-0.15, -0.1) is 0 Å². The highest BCUT2D eigenvalue weighted by Gasteiger charge is 2.07. The van der Waals surface area contributed by atoms with Crippen LogP contribution >= 0.6 is 0 Å². The highest BCUT2D eigenvalue weighted by atomic mass is 16.5. The predicted octanol–water partition coefficient (Wildman–Crippen LogP) is 3.77. The van der Waals surface area contributed by atoms with Gasteiger partial charge in [0.15, 0.2) is 0 Å². The van der Waals surface area contributed by atoms with Crippen molar-refractivity contribution in [3.63, 3.8) is 0 Å². The van der Waals surface area contributed by atoms with Gasteiger partial charge in [0.05, 0.1) is 13.2 Å². The van der Waals surface area contributed by atoms with E-state index in [2.05, 4.69) is 10.6 Å². The molecule has 0 aliphatic heterocycles. The number of hydrogen-bond acceptors (Lipinski definition) is 4. The normalized spacial score (nSPS) is 10.4. The molecule has 1 amide bonds. The predicted molar refractivity (Wildman–Crippen MR) is 101 cm³/mol. The van der Waals surface area contributed by atoms with Gasteiger partial charge in [-0.2, -0.15) is 0 Å². The minimum atomic E-state index is -0.0833. The number of hydrogen-bond donors (Lipinski definition) is 2. The Labute approximate surface area is 149 Å². The highest BCUT2D eigenvalue weighted by molar-refractivity contribution is 5.95. The van der Waals surface area contributed by atoms with Crippen molar-refractivity contribution >= 4 is 17.3 Å². The summed E-state index contributed by atoms with van der Waals surface area (Å²) in [5, 5.41) is 6.08. The van der Waals surface area contributed by atoms with Crippen LogP contribution in [0.3, 0.4) is 0 Å². The van der Waals surface area contributed by atoms with Crippen molar-refractivity contribution in [2.24, 2.45) is 0 Å². The summed E-state index contributed by atoms with van der Waals surface area (Å²) in [6.45, 7) is 7.86. The van der Waals surface area contributed by atoms with E-state index >= 15 is 0 Å². The topological polar surface area (TPSA) is 59.6 Å². The third kappa shape index (κ3) is 6.12. The van der Waals surface area contributed by atoms with Gasteiger partial charge in [-0.3, -0.25) is 4.79 Å². The number of carbonyl (C=O) groups excluding carboxylic acids is 1. The Morgan fingerprint density at radius 1 is 1.04 bits per heavy atom. The summed E-state index contributed by atoms with van der Waals surface area (Å²) in [5.41, 5.74) is 3.82. The number of benzene rings is 2. The summed E-state index contributed by atoms with van der Waals surface area (Å²) in [6, 6.07) is 13.5. The van der Waals surface area contributed by atoms with Crippen LogP contribution in [0.15, 0.2) is 42.5 Å². The van der Waals surface area contributed by atoms with Crippen molar-refractivity contribution in [1.82, 2.24) is 0 Å². The number of amides is 1. The minimum Gasteiger partial charge on any atom is -0.491 e.